The average molecular weight is 311 g/mol. The Balaban J connectivity index is 1.86. The number of hydrogen-bond donors (Lipinski definition) is 1. The first-order chi connectivity index (χ1) is 8.65. The molecule has 0 aliphatic carbocycles. The van der Waals surface area contributed by atoms with Gasteiger partial charge in [-0.3, -0.25) is 4.68 Å². The molecule has 0 unspecified atom stereocenters. The summed E-state index contributed by atoms with van der Waals surface area (Å²) in [6, 6.07) is 8.99. The van der Waals surface area contributed by atoms with Crippen LogP contribution in [0.2, 0.25) is 0 Å². The van der Waals surface area contributed by atoms with Crippen molar-refractivity contribution < 1.29 is 14.6 Å². The van der Waals surface area contributed by atoms with E-state index in [1.54, 1.807) is 10.9 Å². The fourth-order valence-corrected chi connectivity index (χ4v) is 1.79. The summed E-state index contributed by atoms with van der Waals surface area (Å²) in [5, 5.41) is 12.6. The number of aromatic carboxylic acids is 1. The molecule has 18 heavy (non-hydrogen) atoms. The fraction of sp³-hybridized carbons (Fsp3) is 0.167. The van der Waals surface area contributed by atoms with Crippen molar-refractivity contribution in [3.05, 3.63) is 46.7 Å². The van der Waals surface area contributed by atoms with E-state index >= 15 is 0 Å². The number of halogens is 1. The zero-order valence-electron chi connectivity index (χ0n) is 9.41. The van der Waals surface area contributed by atoms with Crippen LogP contribution >= 0.6 is 15.9 Å². The van der Waals surface area contributed by atoms with E-state index in [-0.39, 0.29) is 5.69 Å². The normalized spacial score (nSPS) is 10.3. The molecule has 0 spiro atoms. The van der Waals surface area contributed by atoms with Gasteiger partial charge in [0.1, 0.15) is 12.4 Å². The van der Waals surface area contributed by atoms with Crippen molar-refractivity contribution in [1.29, 1.82) is 0 Å². The van der Waals surface area contributed by atoms with E-state index in [0.29, 0.717) is 13.2 Å². The first-order valence-corrected chi connectivity index (χ1v) is 6.09. The van der Waals surface area contributed by atoms with Gasteiger partial charge < -0.3 is 9.84 Å². The van der Waals surface area contributed by atoms with Gasteiger partial charge in [-0.1, -0.05) is 22.0 Å². The number of nitrogens with zero attached hydrogens (tertiary/aromatic N) is 2. The molecule has 0 radical (unpaired) electrons. The molecule has 2 aromatic rings. The van der Waals surface area contributed by atoms with E-state index in [1.165, 1.54) is 6.07 Å². The quantitative estimate of drug-likeness (QED) is 0.921. The van der Waals surface area contributed by atoms with Gasteiger partial charge in [0.25, 0.3) is 0 Å². The zero-order chi connectivity index (χ0) is 13.0. The lowest BCUT2D eigenvalue weighted by atomic mass is 10.3. The molecule has 0 fully saturated rings. The summed E-state index contributed by atoms with van der Waals surface area (Å²) in [7, 11) is 0. The highest BCUT2D eigenvalue weighted by Crippen LogP contribution is 2.17. The molecule has 1 heterocycles. The standard InChI is InChI=1S/C12H11BrN2O3/c13-9-2-1-3-10(8-9)18-7-6-15-5-4-11(14-15)12(16)17/h1-5,8H,6-7H2,(H,16,17). The van der Waals surface area contributed by atoms with Crippen molar-refractivity contribution in [3.63, 3.8) is 0 Å². The first kappa shape index (κ1) is 12.6. The number of carboxylic acids is 1. The smallest absolute Gasteiger partial charge is 0.356 e. The third kappa shape index (κ3) is 3.33. The van der Waals surface area contributed by atoms with Crippen molar-refractivity contribution >= 4 is 21.9 Å². The van der Waals surface area contributed by atoms with Gasteiger partial charge in [-0.25, -0.2) is 4.79 Å². The molecular weight excluding hydrogens is 300 g/mol. The van der Waals surface area contributed by atoms with Crippen molar-refractivity contribution in [2.45, 2.75) is 6.54 Å². The minimum absolute atomic E-state index is 0.0393. The first-order valence-electron chi connectivity index (χ1n) is 5.30. The van der Waals surface area contributed by atoms with E-state index in [0.717, 1.165) is 10.2 Å². The van der Waals surface area contributed by atoms with Crippen LogP contribution in [0.25, 0.3) is 0 Å². The molecule has 5 nitrogen and oxygen atoms in total. The van der Waals surface area contributed by atoms with E-state index in [1.807, 2.05) is 24.3 Å². The molecule has 0 aliphatic heterocycles. The van der Waals surface area contributed by atoms with Crippen LogP contribution in [0.15, 0.2) is 41.0 Å². The summed E-state index contributed by atoms with van der Waals surface area (Å²) in [5.41, 5.74) is 0.0393. The average Bonchev–Trinajstić information content (AvgIpc) is 2.78. The van der Waals surface area contributed by atoms with Crippen LogP contribution in [0.1, 0.15) is 10.5 Å². The Labute approximate surface area is 112 Å². The van der Waals surface area contributed by atoms with Gasteiger partial charge in [0.05, 0.1) is 6.54 Å². The van der Waals surface area contributed by atoms with E-state index < -0.39 is 5.97 Å². The maximum Gasteiger partial charge on any atom is 0.356 e. The fourth-order valence-electron chi connectivity index (χ4n) is 1.41. The van der Waals surface area contributed by atoms with Crippen LogP contribution in [-0.2, 0) is 6.54 Å². The Morgan fingerprint density at radius 1 is 1.44 bits per heavy atom. The molecule has 6 heteroatoms. The van der Waals surface area contributed by atoms with Gasteiger partial charge in [-0.05, 0) is 24.3 Å². The molecule has 0 aliphatic rings. The molecule has 0 atom stereocenters. The van der Waals surface area contributed by atoms with E-state index in [9.17, 15) is 4.79 Å². The molecule has 0 saturated heterocycles. The van der Waals surface area contributed by atoms with Crippen LogP contribution in [0.3, 0.4) is 0 Å². The number of carbonyl (C=O) groups is 1. The third-order valence-electron chi connectivity index (χ3n) is 2.24. The minimum atomic E-state index is -1.03. The van der Waals surface area contributed by atoms with Crippen LogP contribution in [0.4, 0.5) is 0 Å². The van der Waals surface area contributed by atoms with Gasteiger partial charge in [-0.2, -0.15) is 5.10 Å². The summed E-state index contributed by atoms with van der Waals surface area (Å²) < 4.78 is 8.02. The van der Waals surface area contributed by atoms with Gasteiger partial charge >= 0.3 is 5.97 Å². The number of hydrogen-bond acceptors (Lipinski definition) is 3. The van der Waals surface area contributed by atoms with Gasteiger partial charge in [0.15, 0.2) is 5.69 Å². The third-order valence-corrected chi connectivity index (χ3v) is 2.74. The summed E-state index contributed by atoms with van der Waals surface area (Å²) in [6.07, 6.45) is 1.62. The lowest BCUT2D eigenvalue weighted by Crippen LogP contribution is -2.09. The number of ether oxygens (including phenoxy) is 1. The van der Waals surface area contributed by atoms with Crippen molar-refractivity contribution in [1.82, 2.24) is 9.78 Å². The maximum atomic E-state index is 10.6. The summed E-state index contributed by atoms with van der Waals surface area (Å²) in [6.45, 7) is 0.928. The highest BCUT2D eigenvalue weighted by atomic mass is 79.9. The lowest BCUT2D eigenvalue weighted by molar-refractivity contribution is 0.0689. The molecule has 1 N–H and O–H groups in total. The molecule has 0 saturated carbocycles. The molecule has 1 aromatic carbocycles. The highest BCUT2D eigenvalue weighted by Gasteiger charge is 2.06. The summed E-state index contributed by atoms with van der Waals surface area (Å²) in [5.74, 6) is -0.267. The van der Waals surface area contributed by atoms with Crippen molar-refractivity contribution in [2.24, 2.45) is 0 Å². The molecule has 94 valence electrons. The Hall–Kier alpha value is -1.82. The maximum absolute atomic E-state index is 10.6. The van der Waals surface area contributed by atoms with Crippen molar-refractivity contribution in [2.75, 3.05) is 6.61 Å². The molecule has 2 rings (SSSR count). The molecular formula is C12H11BrN2O3. The predicted octanol–water partition coefficient (Wildman–Crippen LogP) is 2.42. The largest absolute Gasteiger partial charge is 0.492 e. The number of aromatic nitrogens is 2. The second-order valence-electron chi connectivity index (χ2n) is 3.58. The SMILES string of the molecule is O=C(O)c1ccn(CCOc2cccc(Br)c2)n1. The van der Waals surface area contributed by atoms with Gasteiger partial charge in [0, 0.05) is 10.7 Å². The van der Waals surface area contributed by atoms with E-state index in [4.69, 9.17) is 9.84 Å². The van der Waals surface area contributed by atoms with Crippen molar-refractivity contribution in [3.8, 4) is 5.75 Å². The van der Waals surface area contributed by atoms with Crippen LogP contribution in [0.5, 0.6) is 5.75 Å². The zero-order valence-corrected chi connectivity index (χ0v) is 11.0. The Morgan fingerprint density at radius 3 is 2.94 bits per heavy atom. The van der Waals surface area contributed by atoms with Gasteiger partial charge in [-0.15, -0.1) is 0 Å². The number of benzene rings is 1. The Bertz CT molecular complexity index is 554. The Kier molecular flexibility index (Phi) is 3.99. The van der Waals surface area contributed by atoms with Crippen LogP contribution in [-0.4, -0.2) is 27.5 Å². The molecule has 1 aromatic heterocycles. The minimum Gasteiger partial charge on any atom is -0.492 e. The summed E-state index contributed by atoms with van der Waals surface area (Å²) in [4.78, 5) is 10.6. The molecule has 0 bridgehead atoms. The number of rotatable bonds is 5. The number of carboxylic acid groups (broad SMARTS) is 1. The monoisotopic (exact) mass is 310 g/mol. The van der Waals surface area contributed by atoms with Crippen LogP contribution in [0, 0.1) is 0 Å². The molecule has 0 amide bonds. The predicted molar refractivity (Wildman–Crippen MR) is 68.8 cm³/mol. The topological polar surface area (TPSA) is 64.3 Å². The highest BCUT2D eigenvalue weighted by molar-refractivity contribution is 9.10. The second kappa shape index (κ2) is 5.68. The second-order valence-corrected chi connectivity index (χ2v) is 4.49. The summed E-state index contributed by atoms with van der Waals surface area (Å²) >= 11 is 3.36. The lowest BCUT2D eigenvalue weighted by Gasteiger charge is -2.06. The van der Waals surface area contributed by atoms with E-state index in [2.05, 4.69) is 21.0 Å². The Morgan fingerprint density at radius 2 is 2.28 bits per heavy atom. The van der Waals surface area contributed by atoms with Crippen LogP contribution < -0.4 is 4.74 Å². The van der Waals surface area contributed by atoms with Gasteiger partial charge in [0.2, 0.25) is 0 Å².